The molecule has 1 atom stereocenters. The number of nitrogens with zero attached hydrogens (tertiary/aromatic N) is 1. The highest BCUT2D eigenvalue weighted by molar-refractivity contribution is 4.92. The second-order valence-corrected chi connectivity index (χ2v) is 3.08. The lowest BCUT2D eigenvalue weighted by atomic mass is 10.2. The highest BCUT2D eigenvalue weighted by atomic mass is 15.2. The molecule has 0 spiro atoms. The topological polar surface area (TPSA) is 15.3 Å². The summed E-state index contributed by atoms with van der Waals surface area (Å²) in [6.45, 7) is 7.33. The van der Waals surface area contributed by atoms with Gasteiger partial charge in [0.05, 0.1) is 0 Å². The first-order chi connectivity index (χ1) is 5.38. The fourth-order valence-electron chi connectivity index (χ4n) is 1.65. The van der Waals surface area contributed by atoms with Gasteiger partial charge in [-0.3, -0.25) is 4.90 Å². The first kappa shape index (κ1) is 8.75. The molecule has 0 aliphatic carbocycles. The van der Waals surface area contributed by atoms with Crippen LogP contribution in [-0.2, 0) is 0 Å². The Hall–Kier alpha value is -0.340. The normalized spacial score (nSPS) is 25.7. The quantitative estimate of drug-likeness (QED) is 0.604. The summed E-state index contributed by atoms with van der Waals surface area (Å²) in [5.41, 5.74) is 0. The number of rotatable bonds is 4. The molecule has 11 heavy (non-hydrogen) atoms. The first-order valence-corrected chi connectivity index (χ1v) is 4.39. The average molecular weight is 154 g/mol. The van der Waals surface area contributed by atoms with E-state index >= 15 is 0 Å². The van der Waals surface area contributed by atoms with Gasteiger partial charge in [-0.05, 0) is 26.4 Å². The van der Waals surface area contributed by atoms with E-state index in [0.717, 1.165) is 13.1 Å². The maximum atomic E-state index is 3.84. The number of hydrogen-bond acceptors (Lipinski definition) is 2. The summed E-state index contributed by atoms with van der Waals surface area (Å²) in [5, 5.41) is 3.16. The fourth-order valence-corrected chi connectivity index (χ4v) is 1.65. The minimum absolute atomic E-state index is 0.642. The Morgan fingerprint density at radius 2 is 2.55 bits per heavy atom. The highest BCUT2D eigenvalue weighted by Gasteiger charge is 2.20. The van der Waals surface area contributed by atoms with E-state index < -0.39 is 0 Å². The highest BCUT2D eigenvalue weighted by Crippen LogP contribution is 2.16. The van der Waals surface area contributed by atoms with Crippen molar-refractivity contribution in [1.82, 2.24) is 10.2 Å². The van der Waals surface area contributed by atoms with Crippen molar-refractivity contribution in [3.8, 4) is 0 Å². The molecule has 1 aliphatic rings. The maximum Gasteiger partial charge on any atom is 0.0276 e. The van der Waals surface area contributed by atoms with Crippen LogP contribution in [0.5, 0.6) is 0 Å². The van der Waals surface area contributed by atoms with Crippen LogP contribution in [0.2, 0.25) is 0 Å². The molecule has 1 N–H and O–H groups in total. The Labute approximate surface area is 69.3 Å². The van der Waals surface area contributed by atoms with Gasteiger partial charge in [-0.1, -0.05) is 6.08 Å². The van der Waals surface area contributed by atoms with Gasteiger partial charge in [0.1, 0.15) is 0 Å². The van der Waals surface area contributed by atoms with Gasteiger partial charge in [0.25, 0.3) is 0 Å². The van der Waals surface area contributed by atoms with Gasteiger partial charge in [-0.15, -0.1) is 6.58 Å². The maximum absolute atomic E-state index is 3.84. The van der Waals surface area contributed by atoms with Crippen molar-refractivity contribution in [2.24, 2.45) is 0 Å². The number of hydrogen-bond donors (Lipinski definition) is 1. The van der Waals surface area contributed by atoms with E-state index in [0.29, 0.717) is 6.04 Å². The van der Waals surface area contributed by atoms with Gasteiger partial charge in [-0.2, -0.15) is 0 Å². The summed E-state index contributed by atoms with van der Waals surface area (Å²) in [5.74, 6) is 0. The van der Waals surface area contributed by atoms with Gasteiger partial charge in [-0.25, -0.2) is 0 Å². The summed E-state index contributed by atoms with van der Waals surface area (Å²) in [7, 11) is 2.00. The van der Waals surface area contributed by atoms with Crippen LogP contribution >= 0.6 is 0 Å². The molecule has 0 aromatic heterocycles. The molecule has 0 amide bonds. The molecular weight excluding hydrogens is 136 g/mol. The first-order valence-electron chi connectivity index (χ1n) is 4.39. The van der Waals surface area contributed by atoms with Gasteiger partial charge >= 0.3 is 0 Å². The van der Waals surface area contributed by atoms with Crippen molar-refractivity contribution < 1.29 is 0 Å². The smallest absolute Gasteiger partial charge is 0.0276 e. The van der Waals surface area contributed by atoms with Crippen molar-refractivity contribution in [3.63, 3.8) is 0 Å². The second-order valence-electron chi connectivity index (χ2n) is 3.08. The van der Waals surface area contributed by atoms with Crippen LogP contribution in [0.15, 0.2) is 12.7 Å². The van der Waals surface area contributed by atoms with E-state index in [1.807, 2.05) is 7.05 Å². The molecule has 1 fully saturated rings. The van der Waals surface area contributed by atoms with Crippen LogP contribution in [0.1, 0.15) is 12.8 Å². The number of nitrogens with one attached hydrogen (secondary N) is 1. The monoisotopic (exact) mass is 154 g/mol. The van der Waals surface area contributed by atoms with E-state index in [1.165, 1.54) is 19.4 Å². The second kappa shape index (κ2) is 4.52. The van der Waals surface area contributed by atoms with Crippen LogP contribution in [0, 0.1) is 0 Å². The SMILES string of the molecule is C=C[C@H]1CCCN1CCNC. The summed E-state index contributed by atoms with van der Waals surface area (Å²) >= 11 is 0. The third kappa shape index (κ3) is 2.31. The molecule has 1 rings (SSSR count). The van der Waals surface area contributed by atoms with Gasteiger partial charge < -0.3 is 5.32 Å². The summed E-state index contributed by atoms with van der Waals surface area (Å²) in [4.78, 5) is 2.49. The largest absolute Gasteiger partial charge is 0.318 e. The van der Waals surface area contributed by atoms with E-state index in [-0.39, 0.29) is 0 Å². The van der Waals surface area contributed by atoms with Crippen molar-refractivity contribution in [2.75, 3.05) is 26.7 Å². The summed E-state index contributed by atoms with van der Waals surface area (Å²) in [6.07, 6.45) is 4.70. The van der Waals surface area contributed by atoms with Crippen LogP contribution in [0.3, 0.4) is 0 Å². The molecule has 1 heterocycles. The lowest BCUT2D eigenvalue weighted by Crippen LogP contribution is -2.33. The zero-order chi connectivity index (χ0) is 8.10. The third-order valence-corrected chi connectivity index (χ3v) is 2.34. The zero-order valence-corrected chi connectivity index (χ0v) is 7.34. The molecule has 2 heteroatoms. The average Bonchev–Trinajstić information content (AvgIpc) is 2.47. The molecule has 1 aliphatic heterocycles. The Morgan fingerprint density at radius 1 is 1.73 bits per heavy atom. The molecular formula is C9H18N2. The van der Waals surface area contributed by atoms with Gasteiger partial charge in [0.15, 0.2) is 0 Å². The zero-order valence-electron chi connectivity index (χ0n) is 7.34. The van der Waals surface area contributed by atoms with Crippen molar-refractivity contribution in [3.05, 3.63) is 12.7 Å². The molecule has 0 aromatic rings. The van der Waals surface area contributed by atoms with E-state index in [4.69, 9.17) is 0 Å². The molecule has 0 aromatic carbocycles. The molecule has 0 radical (unpaired) electrons. The van der Waals surface area contributed by atoms with E-state index in [1.54, 1.807) is 0 Å². The Bertz CT molecular complexity index is 123. The van der Waals surface area contributed by atoms with Crippen LogP contribution in [0.25, 0.3) is 0 Å². The van der Waals surface area contributed by atoms with E-state index in [2.05, 4.69) is 22.9 Å². The molecule has 0 bridgehead atoms. The molecule has 2 nitrogen and oxygen atoms in total. The number of likely N-dealkylation sites (tertiary alicyclic amines) is 1. The number of likely N-dealkylation sites (N-methyl/N-ethyl adjacent to an activating group) is 1. The van der Waals surface area contributed by atoms with Crippen molar-refractivity contribution in [1.29, 1.82) is 0 Å². The van der Waals surface area contributed by atoms with Gasteiger partial charge in [0.2, 0.25) is 0 Å². The Morgan fingerprint density at radius 3 is 3.18 bits per heavy atom. The van der Waals surface area contributed by atoms with Crippen LogP contribution < -0.4 is 5.32 Å². The minimum atomic E-state index is 0.642. The predicted molar refractivity (Wildman–Crippen MR) is 48.7 cm³/mol. The minimum Gasteiger partial charge on any atom is -0.318 e. The Balaban J connectivity index is 2.25. The van der Waals surface area contributed by atoms with Crippen LogP contribution in [-0.4, -0.2) is 37.6 Å². The summed E-state index contributed by atoms with van der Waals surface area (Å²) < 4.78 is 0. The van der Waals surface area contributed by atoms with E-state index in [9.17, 15) is 0 Å². The van der Waals surface area contributed by atoms with Crippen molar-refractivity contribution >= 4 is 0 Å². The molecule has 1 saturated heterocycles. The lowest BCUT2D eigenvalue weighted by molar-refractivity contribution is 0.292. The Kier molecular flexibility index (Phi) is 3.60. The third-order valence-electron chi connectivity index (χ3n) is 2.34. The lowest BCUT2D eigenvalue weighted by Gasteiger charge is -2.20. The van der Waals surface area contributed by atoms with Crippen molar-refractivity contribution in [2.45, 2.75) is 18.9 Å². The standard InChI is InChI=1S/C9H18N2/c1-3-9-5-4-7-11(9)8-6-10-2/h3,9-10H,1,4-8H2,2H3/t9-/m0/s1. The molecule has 0 saturated carbocycles. The van der Waals surface area contributed by atoms with Gasteiger partial charge in [0, 0.05) is 19.1 Å². The molecule has 0 unspecified atom stereocenters. The fraction of sp³-hybridized carbons (Fsp3) is 0.778. The summed E-state index contributed by atoms with van der Waals surface area (Å²) in [6, 6.07) is 0.642. The predicted octanol–water partition coefficient (Wildman–Crippen LogP) is 0.856. The molecule has 64 valence electrons. The van der Waals surface area contributed by atoms with Crippen LogP contribution in [0.4, 0.5) is 0 Å².